The fourth-order valence-electron chi connectivity index (χ4n) is 3.75. The zero-order valence-electron chi connectivity index (χ0n) is 14.3. The lowest BCUT2D eigenvalue weighted by Gasteiger charge is -2.24. The van der Waals surface area contributed by atoms with Crippen molar-refractivity contribution in [1.29, 1.82) is 0 Å². The molecule has 10 heteroatoms. The van der Waals surface area contributed by atoms with E-state index in [2.05, 4.69) is 20.7 Å². The van der Waals surface area contributed by atoms with Crippen LogP contribution in [0.2, 0.25) is 0 Å². The molecule has 148 valence electrons. The smallest absolute Gasteiger partial charge is 0.378 e. The molecule has 4 atom stereocenters. The maximum Gasteiger partial charge on any atom is 0.522 e. The van der Waals surface area contributed by atoms with Crippen molar-refractivity contribution in [3.05, 3.63) is 0 Å². The van der Waals surface area contributed by atoms with E-state index in [1.54, 1.807) is 0 Å². The third kappa shape index (κ3) is 4.93. The maximum absolute atomic E-state index is 12.5. The van der Waals surface area contributed by atoms with E-state index < -0.39 is 37.1 Å². The first-order valence-corrected chi connectivity index (χ1v) is 8.86. The number of ether oxygens (including phenoxy) is 1. The molecule has 3 fully saturated rings. The molecule has 7 nitrogen and oxygen atoms in total. The molecule has 2 saturated heterocycles. The van der Waals surface area contributed by atoms with Gasteiger partial charge in [0.25, 0.3) is 0 Å². The molecule has 2 aliphatic heterocycles. The highest BCUT2D eigenvalue weighted by atomic mass is 19.4. The molecule has 1 aliphatic carbocycles. The summed E-state index contributed by atoms with van der Waals surface area (Å²) in [5, 5.41) is 18.3. The van der Waals surface area contributed by atoms with E-state index in [9.17, 15) is 27.9 Å². The Morgan fingerprint density at radius 3 is 2.58 bits per heavy atom. The molecule has 0 bridgehead atoms. The van der Waals surface area contributed by atoms with Gasteiger partial charge in [-0.15, -0.1) is 13.2 Å². The molecule has 2 heterocycles. The molecule has 3 rings (SSSR count). The molecule has 1 spiro atoms. The Balaban J connectivity index is 1.59. The molecular weight excluding hydrogens is 355 g/mol. The number of carbonyl (C=O) groups excluding carboxylic acids is 2. The summed E-state index contributed by atoms with van der Waals surface area (Å²) in [6.07, 6.45) is -2.32. The van der Waals surface area contributed by atoms with Gasteiger partial charge in [-0.3, -0.25) is 19.6 Å². The highest BCUT2D eigenvalue weighted by molar-refractivity contribution is 5.91. The summed E-state index contributed by atoms with van der Waals surface area (Å²) < 4.78 is 40.3. The van der Waals surface area contributed by atoms with Crippen LogP contribution in [0.3, 0.4) is 0 Å². The monoisotopic (exact) mass is 379 g/mol. The second-order valence-corrected chi connectivity index (χ2v) is 7.58. The number of alkyl halides is 3. The van der Waals surface area contributed by atoms with Crippen LogP contribution in [0, 0.1) is 11.3 Å². The average Bonchev–Trinajstić information content (AvgIpc) is 2.98. The summed E-state index contributed by atoms with van der Waals surface area (Å²) in [5.41, 5.74) is 0.173. The molecule has 26 heavy (non-hydrogen) atoms. The summed E-state index contributed by atoms with van der Waals surface area (Å²) in [6.45, 7) is 0.130. The number of hydrogen-bond acceptors (Lipinski definition) is 6. The van der Waals surface area contributed by atoms with Crippen LogP contribution in [0.5, 0.6) is 0 Å². The van der Waals surface area contributed by atoms with Gasteiger partial charge < -0.3 is 15.7 Å². The van der Waals surface area contributed by atoms with Gasteiger partial charge >= 0.3 is 6.36 Å². The molecule has 0 aromatic heterocycles. The molecule has 0 radical (unpaired) electrons. The summed E-state index contributed by atoms with van der Waals surface area (Å²) >= 11 is 0. The zero-order valence-corrected chi connectivity index (χ0v) is 14.3. The van der Waals surface area contributed by atoms with Crippen LogP contribution in [0.25, 0.3) is 0 Å². The van der Waals surface area contributed by atoms with Gasteiger partial charge in [0.05, 0.1) is 12.1 Å². The van der Waals surface area contributed by atoms with Crippen LogP contribution in [-0.4, -0.2) is 61.2 Å². The Labute approximate surface area is 149 Å². The van der Waals surface area contributed by atoms with E-state index in [0.29, 0.717) is 19.4 Å². The number of Topliss-reactive ketones (excluding diaryl/α,β-unsaturated/α-hetero) is 1. The second kappa shape index (κ2) is 7.41. The third-order valence-corrected chi connectivity index (χ3v) is 5.57. The van der Waals surface area contributed by atoms with Gasteiger partial charge in [0, 0.05) is 12.5 Å². The number of aliphatic hydroxyl groups is 1. The molecule has 0 aromatic carbocycles. The first-order chi connectivity index (χ1) is 12.2. The van der Waals surface area contributed by atoms with Crippen LogP contribution >= 0.6 is 0 Å². The van der Waals surface area contributed by atoms with E-state index in [1.165, 1.54) is 0 Å². The lowest BCUT2D eigenvalue weighted by atomic mass is 9.94. The molecule has 1 saturated carbocycles. The van der Waals surface area contributed by atoms with Crippen LogP contribution < -0.4 is 16.0 Å². The number of hydrogen-bond donors (Lipinski definition) is 4. The quantitative estimate of drug-likeness (QED) is 0.498. The lowest BCUT2D eigenvalue weighted by molar-refractivity contribution is -0.321. The Hall–Kier alpha value is -1.23. The van der Waals surface area contributed by atoms with Crippen LogP contribution in [-0.2, 0) is 14.3 Å². The lowest BCUT2D eigenvalue weighted by Crippen LogP contribution is -2.50. The van der Waals surface area contributed by atoms with Gasteiger partial charge in [-0.25, -0.2) is 0 Å². The van der Waals surface area contributed by atoms with Gasteiger partial charge in [-0.1, -0.05) is 0 Å². The fourth-order valence-corrected chi connectivity index (χ4v) is 3.75. The normalized spacial score (nSPS) is 31.2. The Morgan fingerprint density at radius 1 is 1.31 bits per heavy atom. The molecule has 3 aliphatic rings. The van der Waals surface area contributed by atoms with E-state index in [4.69, 9.17) is 0 Å². The Morgan fingerprint density at radius 2 is 2.04 bits per heavy atom. The molecule has 1 amide bonds. The number of ketones is 1. The van der Waals surface area contributed by atoms with Gasteiger partial charge in [0.1, 0.15) is 12.8 Å². The van der Waals surface area contributed by atoms with Crippen LogP contribution in [0.4, 0.5) is 13.2 Å². The standard InChI is InChI=1S/C16H24F3N3O4/c17-16(18,19)26-7-12(23)10(5-9-1-4-20-13(9)24)22-14(25)11-6-15(2-3-15)8-21-11/h9-11,13,20-21,24H,1-8H2,(H,22,25)/t9-,10-,11-,13?/m0/s1. The van der Waals surface area contributed by atoms with Crippen molar-refractivity contribution in [3.8, 4) is 0 Å². The number of halogens is 3. The van der Waals surface area contributed by atoms with E-state index in [0.717, 1.165) is 19.4 Å². The zero-order chi connectivity index (χ0) is 18.9. The first-order valence-electron chi connectivity index (χ1n) is 8.86. The Kier molecular flexibility index (Phi) is 5.57. The number of aliphatic hydroxyl groups excluding tert-OH is 1. The van der Waals surface area contributed by atoms with Crippen molar-refractivity contribution in [2.45, 2.75) is 56.8 Å². The largest absolute Gasteiger partial charge is 0.522 e. The van der Waals surface area contributed by atoms with Gasteiger partial charge in [-0.05, 0) is 44.1 Å². The fraction of sp³-hybridized carbons (Fsp3) is 0.875. The highest BCUT2D eigenvalue weighted by Gasteiger charge is 2.50. The van der Waals surface area contributed by atoms with Crippen LogP contribution in [0.1, 0.15) is 32.1 Å². The maximum atomic E-state index is 12.5. The Bertz CT molecular complexity index is 553. The summed E-state index contributed by atoms with van der Waals surface area (Å²) in [5.74, 6) is -1.56. The average molecular weight is 379 g/mol. The van der Waals surface area contributed by atoms with Crippen LogP contribution in [0.15, 0.2) is 0 Å². The van der Waals surface area contributed by atoms with Crippen molar-refractivity contribution in [2.75, 3.05) is 19.7 Å². The minimum absolute atomic E-state index is 0.0673. The van der Waals surface area contributed by atoms with E-state index in [1.807, 2.05) is 0 Å². The number of amides is 1. The first kappa shape index (κ1) is 19.5. The molecule has 4 N–H and O–H groups in total. The number of rotatable bonds is 7. The van der Waals surface area contributed by atoms with Crippen molar-refractivity contribution < 1.29 is 32.6 Å². The van der Waals surface area contributed by atoms with Crippen molar-refractivity contribution >= 4 is 11.7 Å². The van der Waals surface area contributed by atoms with Gasteiger partial charge in [0.15, 0.2) is 5.78 Å². The minimum Gasteiger partial charge on any atom is -0.378 e. The molecular formula is C16H24F3N3O4. The van der Waals surface area contributed by atoms with E-state index in [-0.39, 0.29) is 23.7 Å². The van der Waals surface area contributed by atoms with Crippen molar-refractivity contribution in [3.63, 3.8) is 0 Å². The summed E-state index contributed by atoms with van der Waals surface area (Å²) in [6, 6.07) is -1.56. The second-order valence-electron chi connectivity index (χ2n) is 7.58. The summed E-state index contributed by atoms with van der Waals surface area (Å²) in [4.78, 5) is 24.7. The number of carbonyl (C=O) groups is 2. The summed E-state index contributed by atoms with van der Waals surface area (Å²) in [7, 11) is 0. The van der Waals surface area contributed by atoms with Gasteiger partial charge in [0.2, 0.25) is 5.91 Å². The van der Waals surface area contributed by atoms with Gasteiger partial charge in [-0.2, -0.15) is 0 Å². The highest BCUT2D eigenvalue weighted by Crippen LogP contribution is 2.51. The minimum atomic E-state index is -4.91. The molecule has 0 aromatic rings. The number of nitrogens with one attached hydrogen (secondary N) is 3. The predicted octanol–water partition coefficient (Wildman–Crippen LogP) is 0.0368. The van der Waals surface area contributed by atoms with Crippen molar-refractivity contribution in [2.24, 2.45) is 11.3 Å². The third-order valence-electron chi connectivity index (χ3n) is 5.57. The SMILES string of the molecule is O=C(COC(F)(F)F)[C@H](C[C@@H]1CCNC1O)NC(=O)[C@@H]1CC2(CC2)CN1. The van der Waals surface area contributed by atoms with Crippen molar-refractivity contribution in [1.82, 2.24) is 16.0 Å². The predicted molar refractivity (Wildman–Crippen MR) is 83.8 cm³/mol. The van der Waals surface area contributed by atoms with E-state index >= 15 is 0 Å². The molecule has 1 unspecified atom stereocenters. The topological polar surface area (TPSA) is 99.7 Å².